The fourth-order valence-electron chi connectivity index (χ4n) is 5.84. The van der Waals surface area contributed by atoms with E-state index in [1.165, 1.54) is 76.9 Å². The molecule has 8 aromatic rings. The molecule has 8 heterocycles. The van der Waals surface area contributed by atoms with Gasteiger partial charge in [0.05, 0.1) is 30.5 Å². The summed E-state index contributed by atoms with van der Waals surface area (Å²) in [4.78, 5) is 19.0. The SMILES string of the molecule is CCS(=O)(=O)c1c(-c2nc3cc(C(F)(F)C(F)(F)F)nnc3n2C)ncn1C.CCS(=O)(=O)c1c(I)ncn1C.Cn1[c-]nc2cc(C(F)(F)C(F)(F)F)nnc21.Cn1cnc2cc(C(F)(F)C(F)(F)F)nnc21.[Cl-].[Cl][Zn+].[Li+]. The van der Waals surface area contributed by atoms with Gasteiger partial charge >= 0.3 is 82.2 Å². The Hall–Kier alpha value is -4.55. The second-order valence-corrected chi connectivity index (χ2v) is 20.3. The summed E-state index contributed by atoms with van der Waals surface area (Å²) in [6, 6.07) is 1.60. The van der Waals surface area contributed by atoms with Crippen LogP contribution in [0.2, 0.25) is 0 Å². The Balaban J connectivity index is 0.000000365. The Bertz CT molecular complexity index is 3480. The minimum absolute atomic E-state index is 0. The summed E-state index contributed by atoms with van der Waals surface area (Å²) in [5, 5.41) is 18.9. The van der Waals surface area contributed by atoms with Crippen molar-refractivity contribution in [1.29, 1.82) is 0 Å². The number of hydrogen-bond donors (Lipinski definition) is 0. The summed E-state index contributed by atoms with van der Waals surface area (Å²) in [6.07, 6.45) is -11.0. The van der Waals surface area contributed by atoms with Crippen molar-refractivity contribution < 1.29 is 131 Å². The fraction of sp³-hybridized carbons (Fsp3) is 0.417. The van der Waals surface area contributed by atoms with Crippen LogP contribution in [0.1, 0.15) is 30.9 Å². The molecule has 0 fully saturated rings. The molecule has 42 heteroatoms. The van der Waals surface area contributed by atoms with Gasteiger partial charge in [-0.2, -0.15) is 71.0 Å². The standard InChI is InChI=1S/C14H13F5N6O2S.C8H5F5N4.C8H4F5N4.C6H9IN2O2S.2ClH.Li.Zn/c1-4-28(26,27)12-9(20-6-24(12)2)11-21-7-5-8(13(15,16)14(17,18)19)22-23-10(7)25(11)3;2*1-17-3-14-4-2-5(15-16-6(4)17)7(9,10)8(11,12)13;1-3-12(10,11)6-5(7)8-4-9(6)2;;;;/h5-6H,4H2,1-3H3;2-3H,1H3;2H,1H3;4H,3H2,1-2H3;2*1H;;/q;;-1;;;;+1;+2/p-2. The Labute approximate surface area is 474 Å². The van der Waals surface area contributed by atoms with Crippen molar-refractivity contribution in [2.75, 3.05) is 11.5 Å². The van der Waals surface area contributed by atoms with E-state index in [-0.39, 0.29) is 92.8 Å². The third-order valence-electron chi connectivity index (χ3n) is 9.79. The van der Waals surface area contributed by atoms with Gasteiger partial charge in [0, 0.05) is 40.2 Å². The van der Waals surface area contributed by atoms with E-state index >= 15 is 0 Å². The molecular formula is C36H31Cl2F15ILiN16O4S2Zn. The first-order chi connectivity index (χ1) is 34.8. The van der Waals surface area contributed by atoms with Gasteiger partial charge in [0.15, 0.2) is 46.8 Å². The monoisotopic (exact) mass is 1370 g/mol. The Morgan fingerprint density at radius 1 is 0.551 bits per heavy atom. The van der Waals surface area contributed by atoms with Crippen LogP contribution in [0.5, 0.6) is 0 Å². The summed E-state index contributed by atoms with van der Waals surface area (Å²) < 4.78 is 244. The van der Waals surface area contributed by atoms with Crippen molar-refractivity contribution in [1.82, 2.24) is 78.3 Å². The normalized spacial score (nSPS) is 12.5. The molecule has 0 spiro atoms. The Morgan fingerprint density at radius 2 is 0.936 bits per heavy atom. The van der Waals surface area contributed by atoms with Crippen LogP contribution in [0.3, 0.4) is 0 Å². The maximum atomic E-state index is 13.5. The summed E-state index contributed by atoms with van der Waals surface area (Å²) >= 11 is 2.77. The fourth-order valence-corrected chi connectivity index (χ4v) is 9.62. The van der Waals surface area contributed by atoms with E-state index in [0.29, 0.717) is 26.9 Å². The molecule has 8 rings (SSSR count). The van der Waals surface area contributed by atoms with Crippen LogP contribution < -0.4 is 31.3 Å². The maximum Gasteiger partial charge on any atom is 1.00 e. The molecule has 0 aliphatic heterocycles. The van der Waals surface area contributed by atoms with Gasteiger partial charge in [-0.15, -0.1) is 20.4 Å². The molecule has 0 bridgehead atoms. The molecule has 8 aromatic heterocycles. The third-order valence-corrected chi connectivity index (χ3v) is 14.6. The molecule has 0 saturated carbocycles. The van der Waals surface area contributed by atoms with Crippen LogP contribution in [-0.4, -0.2) is 125 Å². The number of rotatable bonds is 8. The molecule has 0 amide bonds. The quantitative estimate of drug-likeness (QED) is 0.0909. The van der Waals surface area contributed by atoms with Gasteiger partial charge in [-0.3, -0.25) is 0 Å². The van der Waals surface area contributed by atoms with Crippen LogP contribution in [0.15, 0.2) is 47.2 Å². The van der Waals surface area contributed by atoms with Crippen LogP contribution in [0.4, 0.5) is 65.9 Å². The van der Waals surface area contributed by atoms with Gasteiger partial charge in [-0.1, -0.05) is 19.9 Å². The van der Waals surface area contributed by atoms with Crippen LogP contribution in [0.25, 0.3) is 45.0 Å². The summed E-state index contributed by atoms with van der Waals surface area (Å²) in [5.74, 6) is -15.5. The van der Waals surface area contributed by atoms with Gasteiger partial charge in [0.25, 0.3) is 0 Å². The molecule has 0 aliphatic carbocycles. The second kappa shape index (κ2) is 25.5. The molecule has 0 atom stereocenters. The van der Waals surface area contributed by atoms with Crippen LogP contribution in [0, 0.1) is 10.0 Å². The van der Waals surface area contributed by atoms with Gasteiger partial charge in [-0.05, 0) is 47.3 Å². The zero-order valence-corrected chi connectivity index (χ0v) is 48.8. The van der Waals surface area contributed by atoms with Gasteiger partial charge in [0.1, 0.15) is 37.5 Å². The maximum absolute atomic E-state index is 13.5. The number of fused-ring (bicyclic) bond motifs is 3. The van der Waals surface area contributed by atoms with Crippen molar-refractivity contribution in [2.45, 2.75) is 60.2 Å². The molecule has 0 aromatic carbocycles. The number of aromatic nitrogens is 16. The second-order valence-electron chi connectivity index (χ2n) is 14.9. The Kier molecular flexibility index (Phi) is 22.7. The zero-order valence-electron chi connectivity index (χ0n) is 40.5. The largest absolute Gasteiger partial charge is 1.00 e. The van der Waals surface area contributed by atoms with Gasteiger partial charge in [0.2, 0.25) is 0 Å². The minimum atomic E-state index is -5.85. The third kappa shape index (κ3) is 14.3. The first kappa shape index (κ1) is 69.6. The summed E-state index contributed by atoms with van der Waals surface area (Å²) in [5.41, 5.74) is -5.03. The van der Waals surface area contributed by atoms with Crippen LogP contribution in [-0.2, 0) is 90.0 Å². The minimum Gasteiger partial charge on any atom is 1.00 e. The van der Waals surface area contributed by atoms with Crippen molar-refractivity contribution in [3.8, 4) is 11.5 Å². The van der Waals surface area contributed by atoms with Gasteiger partial charge in [-0.25, -0.2) is 41.9 Å². The first-order valence-electron chi connectivity index (χ1n) is 19.9. The number of sulfone groups is 2. The van der Waals surface area contributed by atoms with E-state index in [1.807, 2.05) is 22.6 Å². The van der Waals surface area contributed by atoms with E-state index in [2.05, 4.69) is 61.8 Å². The van der Waals surface area contributed by atoms with Crippen molar-refractivity contribution in [3.05, 3.63) is 64.3 Å². The molecule has 0 N–H and O–H groups in total. The van der Waals surface area contributed by atoms with Crippen molar-refractivity contribution >= 4 is 85.4 Å². The topological polar surface area (TPSA) is 235 Å². The number of imidazole rings is 5. The van der Waals surface area contributed by atoms with Crippen molar-refractivity contribution in [3.63, 3.8) is 0 Å². The summed E-state index contributed by atoms with van der Waals surface area (Å²) in [6.45, 7) is 3.05. The number of nitrogens with zero attached hydrogens (tertiary/aromatic N) is 16. The van der Waals surface area contributed by atoms with E-state index in [0.717, 1.165) is 17.3 Å². The van der Waals surface area contributed by atoms with E-state index in [9.17, 15) is 82.7 Å². The van der Waals surface area contributed by atoms with Crippen molar-refractivity contribution in [2.24, 2.45) is 35.2 Å². The molecule has 0 unspecified atom stereocenters. The van der Waals surface area contributed by atoms with Crippen LogP contribution >= 0.6 is 32.3 Å². The van der Waals surface area contributed by atoms with Gasteiger partial charge < -0.3 is 40.2 Å². The average Bonchev–Trinajstić information content (AvgIpc) is 4.17. The van der Waals surface area contributed by atoms with E-state index in [1.54, 1.807) is 14.0 Å². The number of hydrogen-bond acceptors (Lipinski definition) is 15. The molecule has 78 heavy (non-hydrogen) atoms. The zero-order chi connectivity index (χ0) is 58.1. The van der Waals surface area contributed by atoms with E-state index < -0.39 is 73.1 Å². The number of halogens is 18. The van der Waals surface area contributed by atoms with E-state index in [4.69, 9.17) is 9.69 Å². The number of aryl methyl sites for hydroxylation is 5. The molecule has 0 saturated heterocycles. The predicted molar refractivity (Wildman–Crippen MR) is 237 cm³/mol. The Morgan fingerprint density at radius 3 is 1.37 bits per heavy atom. The molecule has 20 nitrogen and oxygen atoms in total. The molecule has 0 aliphatic rings. The predicted octanol–water partition coefficient (Wildman–Crippen LogP) is 1.56. The molecular weight excluding hydrogens is 1340 g/mol. The molecule has 420 valence electrons. The average molecular weight is 1370 g/mol. The smallest absolute Gasteiger partial charge is 1.00 e. The number of alkyl halides is 15. The first-order valence-corrected chi connectivity index (χ1v) is 28.2. The summed E-state index contributed by atoms with van der Waals surface area (Å²) in [7, 11) is 5.41. The molecule has 0 radical (unpaired) electrons.